The third kappa shape index (κ3) is 3.82. The first-order valence-electron chi connectivity index (χ1n) is 3.40. The number of hydrogen-bond donors (Lipinski definition) is 0. The SMILES string of the molecule is Cc1ccc(OC(Cl)(Cl)Cl)cc1Cl. The van der Waals surface area contributed by atoms with Gasteiger partial charge in [-0.05, 0) is 59.4 Å². The van der Waals surface area contributed by atoms with Crippen LogP contribution in [0.15, 0.2) is 18.2 Å². The first kappa shape index (κ1) is 11.3. The van der Waals surface area contributed by atoms with Crippen LogP contribution >= 0.6 is 46.4 Å². The van der Waals surface area contributed by atoms with Crippen LogP contribution in [0.25, 0.3) is 0 Å². The number of alkyl halides is 3. The summed E-state index contributed by atoms with van der Waals surface area (Å²) in [6.07, 6.45) is 0. The van der Waals surface area contributed by atoms with Gasteiger partial charge in [0.25, 0.3) is 0 Å². The summed E-state index contributed by atoms with van der Waals surface area (Å²) in [6.45, 7) is 1.88. The lowest BCUT2D eigenvalue weighted by Crippen LogP contribution is -2.12. The molecule has 1 aromatic rings. The lowest BCUT2D eigenvalue weighted by Gasteiger charge is -2.13. The van der Waals surface area contributed by atoms with Gasteiger partial charge in [-0.2, -0.15) is 0 Å². The maximum absolute atomic E-state index is 5.83. The molecule has 0 heterocycles. The second kappa shape index (κ2) is 4.14. The third-order valence-corrected chi connectivity index (χ3v) is 2.02. The molecular formula is C8H6Cl4O. The molecule has 13 heavy (non-hydrogen) atoms. The fourth-order valence-electron chi connectivity index (χ4n) is 0.771. The van der Waals surface area contributed by atoms with E-state index >= 15 is 0 Å². The van der Waals surface area contributed by atoms with Gasteiger partial charge in [-0.15, -0.1) is 0 Å². The molecule has 1 nitrogen and oxygen atoms in total. The highest BCUT2D eigenvalue weighted by molar-refractivity contribution is 6.66. The summed E-state index contributed by atoms with van der Waals surface area (Å²) >= 11 is 22.1. The van der Waals surface area contributed by atoms with E-state index in [4.69, 9.17) is 51.1 Å². The zero-order valence-electron chi connectivity index (χ0n) is 6.65. The summed E-state index contributed by atoms with van der Waals surface area (Å²) in [4.78, 5) is 0. The van der Waals surface area contributed by atoms with Crippen molar-refractivity contribution < 1.29 is 4.74 Å². The Hall–Kier alpha value is 0.180. The Morgan fingerprint density at radius 2 is 1.85 bits per heavy atom. The highest BCUT2D eigenvalue weighted by atomic mass is 35.6. The average Bonchev–Trinajstić information content (AvgIpc) is 1.94. The van der Waals surface area contributed by atoms with Crippen LogP contribution in [0, 0.1) is 6.92 Å². The number of ether oxygens (including phenoxy) is 1. The normalized spacial score (nSPS) is 11.5. The molecule has 0 atom stereocenters. The van der Waals surface area contributed by atoms with Crippen molar-refractivity contribution in [3.8, 4) is 5.75 Å². The molecule has 0 aliphatic heterocycles. The molecule has 0 amide bonds. The van der Waals surface area contributed by atoms with E-state index in [1.165, 1.54) is 0 Å². The fourth-order valence-corrected chi connectivity index (χ4v) is 1.21. The molecular weight excluding hydrogens is 254 g/mol. The highest BCUT2D eigenvalue weighted by Gasteiger charge is 2.21. The van der Waals surface area contributed by atoms with Crippen molar-refractivity contribution >= 4 is 46.4 Å². The molecule has 0 saturated carbocycles. The predicted octanol–water partition coefficient (Wildman–Crippen LogP) is 4.35. The van der Waals surface area contributed by atoms with Crippen LogP contribution in [0.4, 0.5) is 0 Å². The van der Waals surface area contributed by atoms with E-state index in [1.54, 1.807) is 18.2 Å². The number of benzene rings is 1. The molecule has 1 aromatic carbocycles. The molecule has 0 saturated heterocycles. The Morgan fingerprint density at radius 1 is 1.23 bits per heavy atom. The average molecular weight is 260 g/mol. The van der Waals surface area contributed by atoms with Gasteiger partial charge < -0.3 is 4.74 Å². The lowest BCUT2D eigenvalue weighted by molar-refractivity contribution is 0.320. The molecule has 72 valence electrons. The van der Waals surface area contributed by atoms with Crippen molar-refractivity contribution in [1.29, 1.82) is 0 Å². The van der Waals surface area contributed by atoms with E-state index in [9.17, 15) is 0 Å². The smallest absolute Gasteiger partial charge is 0.338 e. The quantitative estimate of drug-likeness (QED) is 0.682. The second-order valence-electron chi connectivity index (χ2n) is 2.46. The molecule has 0 spiro atoms. The topological polar surface area (TPSA) is 9.23 Å². The van der Waals surface area contributed by atoms with Crippen molar-refractivity contribution in [2.45, 2.75) is 10.9 Å². The molecule has 0 aliphatic carbocycles. The van der Waals surface area contributed by atoms with Crippen LogP contribution in [0.1, 0.15) is 5.56 Å². The number of hydrogen-bond acceptors (Lipinski definition) is 1. The van der Waals surface area contributed by atoms with E-state index in [0.717, 1.165) is 5.56 Å². The van der Waals surface area contributed by atoms with E-state index in [1.807, 2.05) is 6.92 Å². The molecule has 0 N–H and O–H groups in total. The molecule has 0 bridgehead atoms. The Labute approximate surface area is 96.5 Å². The minimum atomic E-state index is -1.75. The predicted molar refractivity (Wildman–Crippen MR) is 57.1 cm³/mol. The van der Waals surface area contributed by atoms with E-state index in [0.29, 0.717) is 10.8 Å². The summed E-state index contributed by atoms with van der Waals surface area (Å²) in [6, 6.07) is 5.07. The van der Waals surface area contributed by atoms with Crippen molar-refractivity contribution in [3.05, 3.63) is 28.8 Å². The molecule has 1 rings (SSSR count). The summed E-state index contributed by atoms with van der Waals surface area (Å²) in [5.74, 6) is 0.426. The first-order chi connectivity index (χ1) is 5.88. The molecule has 0 radical (unpaired) electrons. The minimum absolute atomic E-state index is 0.426. The van der Waals surface area contributed by atoms with Crippen LogP contribution in [0.3, 0.4) is 0 Å². The molecule has 0 aliphatic rings. The Morgan fingerprint density at radius 3 is 2.31 bits per heavy atom. The van der Waals surface area contributed by atoms with Gasteiger partial charge in [-0.3, -0.25) is 0 Å². The molecule has 0 fully saturated rings. The molecule has 5 heteroatoms. The summed E-state index contributed by atoms with van der Waals surface area (Å²) in [7, 11) is 0. The maximum Gasteiger partial charge on any atom is 0.338 e. The fraction of sp³-hybridized carbons (Fsp3) is 0.250. The van der Waals surface area contributed by atoms with Gasteiger partial charge in [-0.1, -0.05) is 17.7 Å². The minimum Gasteiger partial charge on any atom is -0.446 e. The van der Waals surface area contributed by atoms with Crippen LogP contribution < -0.4 is 4.74 Å². The van der Waals surface area contributed by atoms with Crippen molar-refractivity contribution in [3.63, 3.8) is 0 Å². The maximum atomic E-state index is 5.83. The number of aryl methyl sites for hydroxylation is 1. The summed E-state index contributed by atoms with van der Waals surface area (Å²) in [5.41, 5.74) is 0.943. The third-order valence-electron chi connectivity index (χ3n) is 1.38. The number of halogens is 4. The van der Waals surface area contributed by atoms with Crippen molar-refractivity contribution in [2.75, 3.05) is 0 Å². The zero-order valence-corrected chi connectivity index (χ0v) is 9.68. The van der Waals surface area contributed by atoms with Crippen LogP contribution in [0.5, 0.6) is 5.75 Å². The van der Waals surface area contributed by atoms with Gasteiger partial charge in [0.05, 0.1) is 0 Å². The number of rotatable bonds is 1. The van der Waals surface area contributed by atoms with Crippen LogP contribution in [-0.2, 0) is 0 Å². The largest absolute Gasteiger partial charge is 0.446 e. The van der Waals surface area contributed by atoms with E-state index in [-0.39, 0.29) is 0 Å². The lowest BCUT2D eigenvalue weighted by atomic mass is 10.2. The van der Waals surface area contributed by atoms with Crippen molar-refractivity contribution in [2.24, 2.45) is 0 Å². The Bertz CT molecular complexity index is 306. The zero-order chi connectivity index (χ0) is 10.1. The van der Waals surface area contributed by atoms with Gasteiger partial charge in [0, 0.05) is 5.02 Å². The van der Waals surface area contributed by atoms with E-state index < -0.39 is 3.98 Å². The summed E-state index contributed by atoms with van der Waals surface area (Å²) in [5, 5.41) is 0.576. The Kier molecular flexibility index (Phi) is 3.58. The van der Waals surface area contributed by atoms with Crippen LogP contribution in [-0.4, -0.2) is 3.98 Å². The standard InChI is InChI=1S/C8H6Cl4O/c1-5-2-3-6(4-7(5)9)13-8(10,11)12/h2-4H,1H3. The molecule has 0 aromatic heterocycles. The van der Waals surface area contributed by atoms with Crippen LogP contribution in [0.2, 0.25) is 5.02 Å². The van der Waals surface area contributed by atoms with Gasteiger partial charge in [-0.25, -0.2) is 0 Å². The van der Waals surface area contributed by atoms with Gasteiger partial charge in [0.1, 0.15) is 5.75 Å². The van der Waals surface area contributed by atoms with Gasteiger partial charge >= 0.3 is 3.98 Å². The second-order valence-corrected chi connectivity index (χ2v) is 5.04. The highest BCUT2D eigenvalue weighted by Crippen LogP contribution is 2.31. The van der Waals surface area contributed by atoms with Gasteiger partial charge in [0.2, 0.25) is 0 Å². The summed E-state index contributed by atoms with van der Waals surface area (Å²) < 4.78 is 3.20. The monoisotopic (exact) mass is 258 g/mol. The van der Waals surface area contributed by atoms with Crippen molar-refractivity contribution in [1.82, 2.24) is 0 Å². The molecule has 0 unspecified atom stereocenters. The first-order valence-corrected chi connectivity index (χ1v) is 4.91. The Balaban J connectivity index is 2.86. The van der Waals surface area contributed by atoms with E-state index in [2.05, 4.69) is 0 Å². The van der Waals surface area contributed by atoms with Gasteiger partial charge in [0.15, 0.2) is 0 Å².